The first kappa shape index (κ1) is 9.43. The highest BCUT2D eigenvalue weighted by Gasteiger charge is 2.07. The number of rotatable bonds is 0. The van der Waals surface area contributed by atoms with Gasteiger partial charge in [0.15, 0.2) is 12.4 Å². The van der Waals surface area contributed by atoms with Crippen LogP contribution in [0.3, 0.4) is 0 Å². The Morgan fingerprint density at radius 1 is 1.06 bits per heavy atom. The van der Waals surface area contributed by atoms with Crippen LogP contribution in [0, 0.1) is 0 Å². The lowest BCUT2D eigenvalue weighted by molar-refractivity contribution is -0.510. The first-order valence-corrected chi connectivity index (χ1v) is 5.34. The second-order valence-electron chi connectivity index (χ2n) is 3.74. The molecule has 0 aliphatic heterocycles. The van der Waals surface area contributed by atoms with Gasteiger partial charge in [-0.15, -0.1) is 0 Å². The van der Waals surface area contributed by atoms with Gasteiger partial charge in [0.2, 0.25) is 5.52 Å². The van der Waals surface area contributed by atoms with Crippen molar-refractivity contribution in [3.05, 3.63) is 53.8 Å². The summed E-state index contributed by atoms with van der Waals surface area (Å²) in [6.07, 6.45) is 3.98. The summed E-state index contributed by atoms with van der Waals surface area (Å²) >= 11 is 5.88. The zero-order valence-electron chi connectivity index (χ0n) is 8.39. The Morgan fingerprint density at radius 2 is 1.94 bits per heavy atom. The zero-order chi connectivity index (χ0) is 11.1. The summed E-state index contributed by atoms with van der Waals surface area (Å²) < 4.78 is 2.02. The van der Waals surface area contributed by atoms with E-state index >= 15 is 0 Å². The second-order valence-corrected chi connectivity index (χ2v) is 4.15. The van der Waals surface area contributed by atoms with E-state index in [1.54, 1.807) is 12.1 Å². The van der Waals surface area contributed by atoms with Gasteiger partial charge >= 0.3 is 0 Å². The van der Waals surface area contributed by atoms with Gasteiger partial charge in [-0.1, -0.05) is 11.6 Å². The maximum absolute atomic E-state index is 9.55. The van der Waals surface area contributed by atoms with Gasteiger partial charge in [-0.2, -0.15) is 4.40 Å². The SMILES string of the molecule is Oc1cc2cc3cccc[n+]3cc2cc1Cl. The highest BCUT2D eigenvalue weighted by molar-refractivity contribution is 6.32. The van der Waals surface area contributed by atoms with E-state index in [1.807, 2.05) is 41.1 Å². The van der Waals surface area contributed by atoms with E-state index in [0.717, 1.165) is 16.3 Å². The monoisotopic (exact) mass is 230 g/mol. The van der Waals surface area contributed by atoms with Crippen LogP contribution in [0.15, 0.2) is 48.8 Å². The molecule has 0 aliphatic rings. The molecule has 0 bridgehead atoms. The maximum Gasteiger partial charge on any atom is 0.211 e. The van der Waals surface area contributed by atoms with E-state index in [2.05, 4.69) is 0 Å². The van der Waals surface area contributed by atoms with Crippen LogP contribution < -0.4 is 4.40 Å². The average molecular weight is 231 g/mol. The van der Waals surface area contributed by atoms with Gasteiger partial charge in [0, 0.05) is 23.6 Å². The van der Waals surface area contributed by atoms with Crippen molar-refractivity contribution in [2.75, 3.05) is 0 Å². The summed E-state index contributed by atoms with van der Waals surface area (Å²) in [7, 11) is 0. The molecule has 0 amide bonds. The number of halogens is 1. The van der Waals surface area contributed by atoms with Gasteiger partial charge in [0.25, 0.3) is 0 Å². The van der Waals surface area contributed by atoms with Crippen molar-refractivity contribution in [3.8, 4) is 5.75 Å². The number of phenolic OH excluding ortho intramolecular Hbond substituents is 1. The summed E-state index contributed by atoms with van der Waals surface area (Å²) in [5.74, 6) is 0.120. The van der Waals surface area contributed by atoms with Crippen molar-refractivity contribution in [2.45, 2.75) is 0 Å². The van der Waals surface area contributed by atoms with Crippen LogP contribution in [0.5, 0.6) is 5.75 Å². The summed E-state index contributed by atoms with van der Waals surface area (Å²) in [5.41, 5.74) is 1.08. The minimum atomic E-state index is 0.120. The maximum atomic E-state index is 9.55. The largest absolute Gasteiger partial charge is 0.506 e. The third-order valence-corrected chi connectivity index (χ3v) is 2.96. The van der Waals surface area contributed by atoms with Crippen molar-refractivity contribution in [1.82, 2.24) is 0 Å². The Hall–Kier alpha value is -1.80. The molecular weight excluding hydrogens is 222 g/mol. The van der Waals surface area contributed by atoms with Crippen molar-refractivity contribution in [3.63, 3.8) is 0 Å². The van der Waals surface area contributed by atoms with Crippen LogP contribution in [0.4, 0.5) is 0 Å². The molecule has 2 nitrogen and oxygen atoms in total. The number of aromatic nitrogens is 1. The summed E-state index contributed by atoms with van der Waals surface area (Å²) in [4.78, 5) is 0. The molecule has 0 saturated heterocycles. The molecule has 2 aromatic heterocycles. The van der Waals surface area contributed by atoms with Crippen molar-refractivity contribution in [1.29, 1.82) is 0 Å². The topological polar surface area (TPSA) is 24.3 Å². The van der Waals surface area contributed by atoms with Crippen molar-refractivity contribution < 1.29 is 9.51 Å². The molecule has 0 atom stereocenters. The smallest absolute Gasteiger partial charge is 0.211 e. The third kappa shape index (κ3) is 1.39. The van der Waals surface area contributed by atoms with Gasteiger partial charge in [-0.25, -0.2) is 0 Å². The van der Waals surface area contributed by atoms with E-state index in [4.69, 9.17) is 11.6 Å². The Morgan fingerprint density at radius 3 is 2.81 bits per heavy atom. The number of phenols is 1. The van der Waals surface area contributed by atoms with E-state index < -0.39 is 0 Å². The molecule has 3 heteroatoms. The molecule has 0 unspecified atom stereocenters. The molecule has 1 N–H and O–H groups in total. The highest BCUT2D eigenvalue weighted by Crippen LogP contribution is 2.28. The van der Waals surface area contributed by atoms with Crippen LogP contribution in [0.25, 0.3) is 16.3 Å². The minimum Gasteiger partial charge on any atom is -0.506 e. The van der Waals surface area contributed by atoms with Gasteiger partial charge in [-0.05, 0) is 23.6 Å². The standard InChI is InChI=1S/C13H8ClNO/c14-12-6-10-8-15-4-2-1-3-11(15)5-9(10)7-13(12)16/h1-8H/p+1. The predicted molar refractivity (Wildman–Crippen MR) is 63.8 cm³/mol. The second kappa shape index (κ2) is 3.35. The molecule has 0 aliphatic carbocycles. The molecule has 0 saturated carbocycles. The van der Waals surface area contributed by atoms with E-state index in [9.17, 15) is 5.11 Å². The lowest BCUT2D eigenvalue weighted by Gasteiger charge is -2.00. The summed E-state index contributed by atoms with van der Waals surface area (Å²) in [5, 5.41) is 11.9. The summed E-state index contributed by atoms with van der Waals surface area (Å²) in [6, 6.07) is 11.4. The fourth-order valence-corrected chi connectivity index (χ4v) is 2.02. The number of pyridine rings is 2. The minimum absolute atomic E-state index is 0.120. The number of benzene rings is 1. The molecule has 3 rings (SSSR count). The number of hydrogen-bond acceptors (Lipinski definition) is 1. The predicted octanol–water partition coefficient (Wildman–Crippen LogP) is 2.94. The number of nitrogens with zero attached hydrogens (tertiary/aromatic N) is 1. The lowest BCUT2D eigenvalue weighted by atomic mass is 10.1. The molecule has 0 radical (unpaired) electrons. The van der Waals surface area contributed by atoms with Gasteiger partial charge in [0.1, 0.15) is 5.75 Å². The molecule has 78 valence electrons. The number of aromatic hydroxyl groups is 1. The summed E-state index contributed by atoms with van der Waals surface area (Å²) in [6.45, 7) is 0. The van der Waals surface area contributed by atoms with Crippen LogP contribution in [0.1, 0.15) is 0 Å². The fourth-order valence-electron chi connectivity index (χ4n) is 1.85. The normalized spacial score (nSPS) is 11.1. The van der Waals surface area contributed by atoms with E-state index in [1.165, 1.54) is 0 Å². The van der Waals surface area contributed by atoms with Gasteiger partial charge < -0.3 is 5.11 Å². The number of hydrogen-bond donors (Lipinski definition) is 1. The van der Waals surface area contributed by atoms with Crippen LogP contribution in [0.2, 0.25) is 5.02 Å². The fraction of sp³-hybridized carbons (Fsp3) is 0. The Labute approximate surface area is 97.3 Å². The highest BCUT2D eigenvalue weighted by atomic mass is 35.5. The third-order valence-electron chi connectivity index (χ3n) is 2.66. The molecule has 1 aromatic carbocycles. The molecule has 3 aromatic rings. The van der Waals surface area contributed by atoms with Crippen LogP contribution in [-0.4, -0.2) is 5.11 Å². The quantitative estimate of drug-likeness (QED) is 0.466. The van der Waals surface area contributed by atoms with Crippen LogP contribution >= 0.6 is 11.6 Å². The van der Waals surface area contributed by atoms with Crippen LogP contribution in [-0.2, 0) is 0 Å². The van der Waals surface area contributed by atoms with Gasteiger partial charge in [-0.3, -0.25) is 0 Å². The average Bonchev–Trinajstić information content (AvgIpc) is 2.28. The molecule has 16 heavy (non-hydrogen) atoms. The first-order chi connectivity index (χ1) is 7.74. The van der Waals surface area contributed by atoms with E-state index in [-0.39, 0.29) is 5.75 Å². The molecular formula is C13H9ClNO+. The van der Waals surface area contributed by atoms with E-state index in [0.29, 0.717) is 5.02 Å². The molecule has 0 spiro atoms. The zero-order valence-corrected chi connectivity index (χ0v) is 9.15. The van der Waals surface area contributed by atoms with Gasteiger partial charge in [0.05, 0.1) is 5.02 Å². The molecule has 0 fully saturated rings. The Bertz CT molecular complexity index is 634. The molecule has 2 heterocycles. The lowest BCUT2D eigenvalue weighted by Crippen LogP contribution is -2.19. The Kier molecular flexibility index (Phi) is 1.98. The Balaban J connectivity index is 2.46. The van der Waals surface area contributed by atoms with Crippen molar-refractivity contribution >= 4 is 27.9 Å². The first-order valence-electron chi connectivity index (χ1n) is 4.96. The number of fused-ring (bicyclic) bond motifs is 2. The van der Waals surface area contributed by atoms with Crippen molar-refractivity contribution in [2.24, 2.45) is 0 Å².